The minimum Gasteiger partial charge on any atom is -0.427 e. The Morgan fingerprint density at radius 1 is 1.10 bits per heavy atom. The van der Waals surface area contributed by atoms with Crippen LogP contribution in [-0.2, 0) is 19.2 Å². The Morgan fingerprint density at radius 3 is 2.32 bits per heavy atom. The highest BCUT2D eigenvalue weighted by atomic mass is 16.5. The van der Waals surface area contributed by atoms with Crippen molar-refractivity contribution in [3.63, 3.8) is 0 Å². The topological polar surface area (TPSA) is 84.0 Å². The molecular weight excluding hydrogens is 396 g/mol. The largest absolute Gasteiger partial charge is 0.427 e. The average Bonchev–Trinajstić information content (AvgIpc) is 3.03. The van der Waals surface area contributed by atoms with Gasteiger partial charge in [-0.3, -0.25) is 19.2 Å². The van der Waals surface area contributed by atoms with E-state index < -0.39 is 17.9 Å². The number of amides is 3. The maximum atomic E-state index is 13.3. The summed E-state index contributed by atoms with van der Waals surface area (Å²) in [5, 5.41) is 0. The first kappa shape index (κ1) is 22.2. The summed E-state index contributed by atoms with van der Waals surface area (Å²) >= 11 is 0. The first-order valence-electron chi connectivity index (χ1n) is 10.3. The van der Waals surface area contributed by atoms with Crippen molar-refractivity contribution in [2.45, 2.75) is 52.1 Å². The van der Waals surface area contributed by atoms with E-state index in [4.69, 9.17) is 4.74 Å². The molecule has 1 saturated heterocycles. The van der Waals surface area contributed by atoms with E-state index >= 15 is 0 Å². The number of hydrogen-bond donors (Lipinski definition) is 0. The number of rotatable bonds is 7. The number of nitrogens with zero attached hydrogens (tertiary/aromatic N) is 2. The molecule has 0 aliphatic carbocycles. The third-order valence-corrected chi connectivity index (χ3v) is 5.27. The summed E-state index contributed by atoms with van der Waals surface area (Å²) in [4.78, 5) is 52.8. The van der Waals surface area contributed by atoms with Crippen LogP contribution in [0.5, 0.6) is 5.75 Å². The van der Waals surface area contributed by atoms with E-state index in [1.54, 1.807) is 17.0 Å². The number of hydrogen-bond acceptors (Lipinski definition) is 5. The number of carbonyl (C=O) groups is 4. The van der Waals surface area contributed by atoms with Gasteiger partial charge in [-0.2, -0.15) is 0 Å². The van der Waals surface area contributed by atoms with Gasteiger partial charge in [0.1, 0.15) is 11.8 Å². The van der Waals surface area contributed by atoms with Gasteiger partial charge in [-0.25, -0.2) is 4.90 Å². The smallest absolute Gasteiger partial charge is 0.308 e. The molecule has 0 N–H and O–H groups in total. The Morgan fingerprint density at radius 2 is 1.74 bits per heavy atom. The second-order valence-corrected chi connectivity index (χ2v) is 7.51. The summed E-state index contributed by atoms with van der Waals surface area (Å²) in [6.45, 7) is 5.07. The third kappa shape index (κ3) is 4.82. The Balaban J connectivity index is 1.89. The molecule has 2 aromatic rings. The lowest BCUT2D eigenvalue weighted by molar-refractivity contribution is -0.141. The fourth-order valence-corrected chi connectivity index (χ4v) is 3.83. The van der Waals surface area contributed by atoms with Crippen LogP contribution in [-0.4, -0.2) is 34.6 Å². The number of anilines is 1. The zero-order chi connectivity index (χ0) is 22.5. The summed E-state index contributed by atoms with van der Waals surface area (Å²) in [5.41, 5.74) is 1.28. The Bertz CT molecular complexity index is 971. The van der Waals surface area contributed by atoms with Gasteiger partial charge >= 0.3 is 5.97 Å². The van der Waals surface area contributed by atoms with E-state index in [0.29, 0.717) is 24.3 Å². The maximum absolute atomic E-state index is 13.3. The van der Waals surface area contributed by atoms with Gasteiger partial charge in [-0.1, -0.05) is 37.3 Å². The van der Waals surface area contributed by atoms with Crippen molar-refractivity contribution in [1.82, 2.24) is 4.90 Å². The number of benzene rings is 2. The lowest BCUT2D eigenvalue weighted by Gasteiger charge is -2.33. The third-order valence-electron chi connectivity index (χ3n) is 5.27. The van der Waals surface area contributed by atoms with Gasteiger partial charge in [0.25, 0.3) is 5.91 Å². The molecular formula is C24H26N2O5. The number of ether oxygens (including phenoxy) is 1. The molecule has 31 heavy (non-hydrogen) atoms. The quantitative estimate of drug-likeness (QED) is 0.386. The van der Waals surface area contributed by atoms with Crippen molar-refractivity contribution in [3.05, 3.63) is 60.2 Å². The lowest BCUT2D eigenvalue weighted by Crippen LogP contribution is -2.46. The number of esters is 1. The molecule has 7 nitrogen and oxygen atoms in total. The lowest BCUT2D eigenvalue weighted by atomic mass is 10.0. The SMILES string of the molecule is CCCC(=O)N(C1CC(=O)N(c2ccc(OC(C)=O)cc2)C1=O)C(C)c1ccccc1. The van der Waals surface area contributed by atoms with Crippen molar-refractivity contribution in [3.8, 4) is 5.75 Å². The fourth-order valence-electron chi connectivity index (χ4n) is 3.83. The molecule has 0 radical (unpaired) electrons. The molecule has 3 amide bonds. The highest BCUT2D eigenvalue weighted by Gasteiger charge is 2.45. The van der Waals surface area contributed by atoms with E-state index in [2.05, 4.69) is 0 Å². The predicted molar refractivity (Wildman–Crippen MR) is 115 cm³/mol. The van der Waals surface area contributed by atoms with Gasteiger partial charge in [0, 0.05) is 13.3 Å². The Labute approximate surface area is 181 Å². The fraction of sp³-hybridized carbons (Fsp3) is 0.333. The van der Waals surface area contributed by atoms with Crippen LogP contribution in [0.15, 0.2) is 54.6 Å². The molecule has 1 heterocycles. The van der Waals surface area contributed by atoms with Gasteiger partial charge in [0.05, 0.1) is 18.2 Å². The summed E-state index contributed by atoms with van der Waals surface area (Å²) in [5.74, 6) is -1.09. The van der Waals surface area contributed by atoms with E-state index in [-0.39, 0.29) is 24.3 Å². The van der Waals surface area contributed by atoms with Crippen LogP contribution in [0.1, 0.15) is 51.6 Å². The van der Waals surface area contributed by atoms with E-state index in [1.807, 2.05) is 44.2 Å². The highest BCUT2D eigenvalue weighted by Crippen LogP contribution is 2.32. The van der Waals surface area contributed by atoms with Crippen LogP contribution in [0.4, 0.5) is 5.69 Å². The molecule has 1 aliphatic rings. The summed E-state index contributed by atoms with van der Waals surface area (Å²) in [6, 6.07) is 14.4. The molecule has 0 bridgehead atoms. The molecule has 1 aliphatic heterocycles. The first-order valence-corrected chi connectivity index (χ1v) is 10.3. The van der Waals surface area contributed by atoms with E-state index in [0.717, 1.165) is 10.5 Å². The second-order valence-electron chi connectivity index (χ2n) is 7.51. The van der Waals surface area contributed by atoms with Gasteiger partial charge in [0.15, 0.2) is 0 Å². The van der Waals surface area contributed by atoms with Crippen LogP contribution < -0.4 is 9.64 Å². The van der Waals surface area contributed by atoms with Gasteiger partial charge in [-0.15, -0.1) is 0 Å². The monoisotopic (exact) mass is 422 g/mol. The molecule has 0 aromatic heterocycles. The van der Waals surface area contributed by atoms with Gasteiger partial charge in [-0.05, 0) is 43.2 Å². The minimum atomic E-state index is -0.866. The molecule has 3 rings (SSSR count). The molecule has 2 atom stereocenters. The molecule has 0 saturated carbocycles. The van der Waals surface area contributed by atoms with E-state index in [1.165, 1.54) is 19.1 Å². The van der Waals surface area contributed by atoms with Crippen LogP contribution in [0.25, 0.3) is 0 Å². The summed E-state index contributed by atoms with van der Waals surface area (Å²) in [6.07, 6.45) is 0.871. The normalized spacial score (nSPS) is 16.9. The molecule has 162 valence electrons. The molecule has 2 unspecified atom stereocenters. The maximum Gasteiger partial charge on any atom is 0.308 e. The predicted octanol–water partition coefficient (Wildman–Crippen LogP) is 3.63. The zero-order valence-electron chi connectivity index (χ0n) is 17.9. The summed E-state index contributed by atoms with van der Waals surface area (Å²) in [7, 11) is 0. The van der Waals surface area contributed by atoms with Crippen LogP contribution in [0.2, 0.25) is 0 Å². The van der Waals surface area contributed by atoms with Crippen molar-refractivity contribution in [1.29, 1.82) is 0 Å². The Kier molecular flexibility index (Phi) is 6.84. The van der Waals surface area contributed by atoms with Crippen molar-refractivity contribution in [2.24, 2.45) is 0 Å². The molecule has 1 fully saturated rings. The zero-order valence-corrected chi connectivity index (χ0v) is 17.9. The Hall–Kier alpha value is -3.48. The highest BCUT2D eigenvalue weighted by molar-refractivity contribution is 6.23. The average molecular weight is 422 g/mol. The standard InChI is InChI=1S/C24H26N2O5/c1-4-8-22(28)25(16(2)18-9-6-5-7-10-18)21-15-23(29)26(24(21)30)19-11-13-20(14-12-19)31-17(3)27/h5-7,9-14,16,21H,4,8,15H2,1-3H3. The molecule has 7 heteroatoms. The molecule has 0 spiro atoms. The molecule has 2 aromatic carbocycles. The van der Waals surface area contributed by atoms with Gasteiger partial charge in [0.2, 0.25) is 11.8 Å². The van der Waals surface area contributed by atoms with Crippen LogP contribution >= 0.6 is 0 Å². The van der Waals surface area contributed by atoms with Crippen molar-refractivity contribution in [2.75, 3.05) is 4.90 Å². The second kappa shape index (κ2) is 9.55. The first-order chi connectivity index (χ1) is 14.8. The summed E-state index contributed by atoms with van der Waals surface area (Å²) < 4.78 is 5.00. The van der Waals surface area contributed by atoms with E-state index in [9.17, 15) is 19.2 Å². The minimum absolute atomic E-state index is 0.0723. The van der Waals surface area contributed by atoms with Gasteiger partial charge < -0.3 is 9.64 Å². The van der Waals surface area contributed by atoms with Crippen LogP contribution in [0.3, 0.4) is 0 Å². The number of carbonyl (C=O) groups excluding carboxylic acids is 4. The van der Waals surface area contributed by atoms with Crippen molar-refractivity contribution < 1.29 is 23.9 Å². The van der Waals surface area contributed by atoms with Crippen LogP contribution in [0, 0.1) is 0 Å². The number of imide groups is 1. The van der Waals surface area contributed by atoms with Crippen molar-refractivity contribution >= 4 is 29.4 Å².